The Morgan fingerprint density at radius 1 is 1.13 bits per heavy atom. The van der Waals surface area contributed by atoms with Crippen LogP contribution in [0.3, 0.4) is 0 Å². The number of ether oxygens (including phenoxy) is 2. The molecular weight excluding hydrogens is 382 g/mol. The van der Waals surface area contributed by atoms with E-state index in [0.29, 0.717) is 49.5 Å². The standard InChI is InChI=1S/C24H29NO5/c1-14-20-16(26)11-23(2,3)12-19(20)30-21(14)22(27)25-13-24(4,5)15-6-7-17-18(10-15)29-9-8-28-17/h6-7,10H,8-9,11-13H2,1-5H3,(H,25,27). The van der Waals surface area contributed by atoms with Crippen LogP contribution >= 0.6 is 0 Å². The highest BCUT2D eigenvalue weighted by atomic mass is 16.6. The van der Waals surface area contributed by atoms with E-state index in [-0.39, 0.29) is 28.3 Å². The summed E-state index contributed by atoms with van der Waals surface area (Å²) in [6.45, 7) is 11.5. The first-order chi connectivity index (χ1) is 14.1. The molecule has 1 aromatic heterocycles. The third kappa shape index (κ3) is 3.71. The maximum Gasteiger partial charge on any atom is 0.287 e. The van der Waals surface area contributed by atoms with Gasteiger partial charge in [0, 0.05) is 30.4 Å². The van der Waals surface area contributed by atoms with Crippen molar-refractivity contribution in [2.24, 2.45) is 5.41 Å². The van der Waals surface area contributed by atoms with Crippen LogP contribution in [0, 0.1) is 12.3 Å². The Morgan fingerprint density at radius 2 is 1.83 bits per heavy atom. The molecule has 0 saturated carbocycles. The number of rotatable bonds is 4. The van der Waals surface area contributed by atoms with Gasteiger partial charge in [0.15, 0.2) is 23.0 Å². The first-order valence-electron chi connectivity index (χ1n) is 10.4. The van der Waals surface area contributed by atoms with Gasteiger partial charge in [0.1, 0.15) is 19.0 Å². The minimum absolute atomic E-state index is 0.0539. The van der Waals surface area contributed by atoms with Crippen LogP contribution in [-0.4, -0.2) is 31.4 Å². The second kappa shape index (κ2) is 7.18. The van der Waals surface area contributed by atoms with E-state index in [4.69, 9.17) is 13.9 Å². The first-order valence-corrected chi connectivity index (χ1v) is 10.4. The van der Waals surface area contributed by atoms with Crippen molar-refractivity contribution in [3.8, 4) is 11.5 Å². The highest BCUT2D eigenvalue weighted by Crippen LogP contribution is 2.38. The van der Waals surface area contributed by atoms with Crippen LogP contribution in [0.25, 0.3) is 0 Å². The van der Waals surface area contributed by atoms with Gasteiger partial charge in [-0.15, -0.1) is 0 Å². The molecule has 0 bridgehead atoms. The minimum atomic E-state index is -0.330. The van der Waals surface area contributed by atoms with Crippen LogP contribution in [0.5, 0.6) is 11.5 Å². The van der Waals surface area contributed by atoms with Crippen LogP contribution in [-0.2, 0) is 11.8 Å². The Hall–Kier alpha value is -2.76. The molecule has 30 heavy (non-hydrogen) atoms. The van der Waals surface area contributed by atoms with E-state index in [9.17, 15) is 9.59 Å². The van der Waals surface area contributed by atoms with E-state index in [1.54, 1.807) is 6.92 Å². The monoisotopic (exact) mass is 411 g/mol. The number of hydrogen-bond donors (Lipinski definition) is 1. The molecule has 0 atom stereocenters. The summed E-state index contributed by atoms with van der Waals surface area (Å²) in [5.41, 5.74) is 1.79. The van der Waals surface area contributed by atoms with Crippen molar-refractivity contribution in [2.45, 2.75) is 52.9 Å². The largest absolute Gasteiger partial charge is 0.486 e. The van der Waals surface area contributed by atoms with Crippen molar-refractivity contribution in [2.75, 3.05) is 19.8 Å². The summed E-state index contributed by atoms with van der Waals surface area (Å²) < 4.78 is 17.2. The van der Waals surface area contributed by atoms with E-state index in [1.165, 1.54) is 0 Å². The molecule has 1 aromatic carbocycles. The van der Waals surface area contributed by atoms with Crippen molar-refractivity contribution in [1.29, 1.82) is 0 Å². The fraction of sp³-hybridized carbons (Fsp3) is 0.500. The van der Waals surface area contributed by atoms with Crippen LogP contribution in [0.2, 0.25) is 0 Å². The third-order valence-electron chi connectivity index (χ3n) is 6.00. The second-order valence-electron chi connectivity index (χ2n) is 9.72. The van der Waals surface area contributed by atoms with E-state index >= 15 is 0 Å². The summed E-state index contributed by atoms with van der Waals surface area (Å²) in [5, 5.41) is 2.99. The number of hydrogen-bond acceptors (Lipinski definition) is 5. The molecule has 1 aliphatic heterocycles. The lowest BCUT2D eigenvalue weighted by Crippen LogP contribution is -2.37. The number of fused-ring (bicyclic) bond motifs is 2. The van der Waals surface area contributed by atoms with Crippen LogP contribution in [0.1, 0.15) is 71.9 Å². The van der Waals surface area contributed by atoms with Gasteiger partial charge in [-0.3, -0.25) is 9.59 Å². The molecule has 1 aliphatic carbocycles. The van der Waals surface area contributed by atoms with Crippen LogP contribution in [0.15, 0.2) is 22.6 Å². The van der Waals surface area contributed by atoms with Gasteiger partial charge in [-0.05, 0) is 30.0 Å². The SMILES string of the molecule is Cc1c(C(=O)NCC(C)(C)c2ccc3c(c2)OCCO3)oc2c1C(=O)CC(C)(C)C2. The maximum atomic E-state index is 12.9. The molecule has 0 fully saturated rings. The summed E-state index contributed by atoms with van der Waals surface area (Å²) >= 11 is 0. The van der Waals surface area contributed by atoms with Crippen molar-refractivity contribution in [1.82, 2.24) is 5.32 Å². The topological polar surface area (TPSA) is 77.8 Å². The maximum absolute atomic E-state index is 12.9. The van der Waals surface area contributed by atoms with Crippen molar-refractivity contribution in [3.63, 3.8) is 0 Å². The molecule has 2 heterocycles. The predicted molar refractivity (Wildman–Crippen MR) is 113 cm³/mol. The average molecular weight is 411 g/mol. The first kappa shape index (κ1) is 20.5. The Balaban J connectivity index is 1.50. The molecule has 2 aliphatic rings. The fourth-order valence-corrected chi connectivity index (χ4v) is 4.25. The quantitative estimate of drug-likeness (QED) is 0.815. The number of amides is 1. The molecule has 0 saturated heterocycles. The van der Waals surface area contributed by atoms with Crippen molar-refractivity contribution >= 4 is 11.7 Å². The third-order valence-corrected chi connectivity index (χ3v) is 6.00. The summed E-state index contributed by atoms with van der Waals surface area (Å²) in [6.07, 6.45) is 1.13. The number of furan rings is 1. The smallest absolute Gasteiger partial charge is 0.287 e. The molecule has 1 N–H and O–H groups in total. The van der Waals surface area contributed by atoms with Crippen molar-refractivity contribution in [3.05, 3.63) is 46.4 Å². The molecule has 160 valence electrons. The molecule has 6 heteroatoms. The lowest BCUT2D eigenvalue weighted by molar-refractivity contribution is 0.0886. The van der Waals surface area contributed by atoms with Gasteiger partial charge in [0.2, 0.25) is 0 Å². The van der Waals surface area contributed by atoms with Gasteiger partial charge in [0.05, 0.1) is 5.56 Å². The highest BCUT2D eigenvalue weighted by Gasteiger charge is 2.37. The Bertz CT molecular complexity index is 1010. The summed E-state index contributed by atoms with van der Waals surface area (Å²) in [5.74, 6) is 2.10. The van der Waals surface area contributed by atoms with Gasteiger partial charge in [-0.2, -0.15) is 0 Å². The van der Waals surface area contributed by atoms with E-state index in [1.807, 2.05) is 32.0 Å². The van der Waals surface area contributed by atoms with Gasteiger partial charge >= 0.3 is 0 Å². The van der Waals surface area contributed by atoms with Gasteiger partial charge in [-0.1, -0.05) is 33.8 Å². The molecule has 6 nitrogen and oxygen atoms in total. The number of carbonyl (C=O) groups excluding carboxylic acids is 2. The molecule has 0 radical (unpaired) electrons. The Kier molecular flexibility index (Phi) is 4.91. The van der Waals surface area contributed by atoms with Crippen LogP contribution < -0.4 is 14.8 Å². The lowest BCUT2D eigenvalue weighted by atomic mass is 9.76. The Labute approximate surface area is 176 Å². The summed E-state index contributed by atoms with van der Waals surface area (Å²) in [6, 6.07) is 5.88. The second-order valence-corrected chi connectivity index (χ2v) is 9.72. The lowest BCUT2D eigenvalue weighted by Gasteiger charge is -2.27. The highest BCUT2D eigenvalue weighted by molar-refractivity contribution is 6.03. The van der Waals surface area contributed by atoms with Gasteiger partial charge in [-0.25, -0.2) is 0 Å². The summed E-state index contributed by atoms with van der Waals surface area (Å²) in [7, 11) is 0. The molecule has 0 spiro atoms. The summed E-state index contributed by atoms with van der Waals surface area (Å²) in [4.78, 5) is 25.5. The molecule has 4 rings (SSSR count). The van der Waals surface area contributed by atoms with Gasteiger partial charge < -0.3 is 19.2 Å². The normalized spacial score (nSPS) is 17.4. The number of nitrogens with one attached hydrogen (secondary N) is 1. The number of benzene rings is 1. The van der Waals surface area contributed by atoms with Gasteiger partial charge in [0.25, 0.3) is 5.91 Å². The molecule has 2 aromatic rings. The number of carbonyl (C=O) groups is 2. The molecule has 0 unspecified atom stereocenters. The molecule has 1 amide bonds. The average Bonchev–Trinajstić information content (AvgIpc) is 3.01. The fourth-order valence-electron chi connectivity index (χ4n) is 4.25. The van der Waals surface area contributed by atoms with E-state index in [0.717, 1.165) is 17.1 Å². The van der Waals surface area contributed by atoms with E-state index < -0.39 is 0 Å². The predicted octanol–water partition coefficient (Wildman–Crippen LogP) is 4.22. The Morgan fingerprint density at radius 3 is 2.57 bits per heavy atom. The number of ketones is 1. The zero-order valence-corrected chi connectivity index (χ0v) is 18.3. The van der Waals surface area contributed by atoms with Crippen molar-refractivity contribution < 1.29 is 23.5 Å². The molecular formula is C24H29NO5. The van der Waals surface area contributed by atoms with E-state index in [2.05, 4.69) is 19.2 Å². The minimum Gasteiger partial charge on any atom is -0.486 e. The zero-order valence-electron chi connectivity index (χ0n) is 18.3. The van der Waals surface area contributed by atoms with Crippen LogP contribution in [0.4, 0.5) is 0 Å². The number of Topliss-reactive ketones (excluding diaryl/α,β-unsaturated/α-hetero) is 1. The zero-order chi connectivity index (χ0) is 21.7.